The lowest BCUT2D eigenvalue weighted by Crippen LogP contribution is -2.05. The van der Waals surface area contributed by atoms with Crippen LogP contribution in [0, 0.1) is 11.8 Å². The first-order valence-electron chi connectivity index (χ1n) is 6.31. The number of ketones is 1. The third kappa shape index (κ3) is 4.56. The van der Waals surface area contributed by atoms with E-state index in [4.69, 9.17) is 0 Å². The third-order valence-electron chi connectivity index (χ3n) is 2.52. The Morgan fingerprint density at radius 3 is 2.41 bits per heavy atom. The molecule has 0 spiro atoms. The molecule has 1 aromatic rings. The molecule has 0 saturated carbocycles. The third-order valence-corrected chi connectivity index (χ3v) is 2.52. The van der Waals surface area contributed by atoms with Gasteiger partial charge in [0, 0.05) is 12.0 Å². The fourth-order valence-corrected chi connectivity index (χ4v) is 1.67. The van der Waals surface area contributed by atoms with E-state index in [0.717, 1.165) is 11.1 Å². The van der Waals surface area contributed by atoms with Crippen LogP contribution in [-0.2, 0) is 0 Å². The van der Waals surface area contributed by atoms with Crippen LogP contribution < -0.4 is 0 Å². The molecule has 0 fully saturated rings. The Labute approximate surface area is 105 Å². The quantitative estimate of drug-likeness (QED) is 0.676. The standard InChI is InChI=1S/C16H22O/c1-12(2)9-10-14-7-5-6-8-15(14)16(17)11-13(3)4/h5-10,12-13H,11H2,1-4H3. The van der Waals surface area contributed by atoms with Crippen LogP contribution in [0.25, 0.3) is 6.08 Å². The Balaban J connectivity index is 2.95. The van der Waals surface area contributed by atoms with Crippen LogP contribution in [0.3, 0.4) is 0 Å². The zero-order valence-corrected chi connectivity index (χ0v) is 11.2. The maximum atomic E-state index is 12.1. The van der Waals surface area contributed by atoms with Gasteiger partial charge in [0.15, 0.2) is 5.78 Å². The molecule has 0 N–H and O–H groups in total. The van der Waals surface area contributed by atoms with Gasteiger partial charge in [0.1, 0.15) is 0 Å². The smallest absolute Gasteiger partial charge is 0.163 e. The summed E-state index contributed by atoms with van der Waals surface area (Å²) in [4.78, 5) is 12.1. The fraction of sp³-hybridized carbons (Fsp3) is 0.438. The monoisotopic (exact) mass is 230 g/mol. The minimum absolute atomic E-state index is 0.240. The van der Waals surface area contributed by atoms with Crippen LogP contribution in [0.5, 0.6) is 0 Å². The lowest BCUT2D eigenvalue weighted by atomic mass is 9.96. The van der Waals surface area contributed by atoms with Gasteiger partial charge in [0.2, 0.25) is 0 Å². The van der Waals surface area contributed by atoms with Gasteiger partial charge >= 0.3 is 0 Å². The lowest BCUT2D eigenvalue weighted by molar-refractivity contribution is 0.0967. The summed E-state index contributed by atoms with van der Waals surface area (Å²) in [6.45, 7) is 8.42. The number of rotatable bonds is 5. The molecular weight excluding hydrogens is 208 g/mol. The summed E-state index contributed by atoms with van der Waals surface area (Å²) in [5, 5.41) is 0. The highest BCUT2D eigenvalue weighted by Crippen LogP contribution is 2.16. The summed E-state index contributed by atoms with van der Waals surface area (Å²) in [6.07, 6.45) is 4.80. The Morgan fingerprint density at radius 2 is 1.82 bits per heavy atom. The maximum absolute atomic E-state index is 12.1. The van der Waals surface area contributed by atoms with Crippen molar-refractivity contribution in [1.29, 1.82) is 0 Å². The summed E-state index contributed by atoms with van der Waals surface area (Å²) < 4.78 is 0. The first kappa shape index (κ1) is 13.7. The second kappa shape index (κ2) is 6.39. The summed E-state index contributed by atoms with van der Waals surface area (Å²) in [5.74, 6) is 1.15. The molecule has 0 bridgehead atoms. The molecule has 92 valence electrons. The Hall–Kier alpha value is -1.37. The van der Waals surface area contributed by atoms with Gasteiger partial charge < -0.3 is 0 Å². The number of hydrogen-bond acceptors (Lipinski definition) is 1. The van der Waals surface area contributed by atoms with Crippen molar-refractivity contribution in [3.8, 4) is 0 Å². The van der Waals surface area contributed by atoms with E-state index < -0.39 is 0 Å². The number of allylic oxidation sites excluding steroid dienone is 1. The molecule has 0 aliphatic heterocycles. The number of carbonyl (C=O) groups excluding carboxylic acids is 1. The van der Waals surface area contributed by atoms with Crippen molar-refractivity contribution >= 4 is 11.9 Å². The molecule has 0 aliphatic rings. The van der Waals surface area contributed by atoms with E-state index in [1.807, 2.05) is 24.3 Å². The van der Waals surface area contributed by atoms with Crippen molar-refractivity contribution in [2.24, 2.45) is 11.8 Å². The molecule has 1 nitrogen and oxygen atoms in total. The largest absolute Gasteiger partial charge is 0.294 e. The number of Topliss-reactive ketones (excluding diaryl/α,β-unsaturated/α-hetero) is 1. The van der Waals surface area contributed by atoms with Crippen LogP contribution in [0.15, 0.2) is 30.3 Å². The van der Waals surface area contributed by atoms with Gasteiger partial charge in [-0.15, -0.1) is 0 Å². The molecule has 0 atom stereocenters. The molecule has 1 rings (SSSR count). The molecule has 0 heterocycles. The SMILES string of the molecule is CC(C)C=Cc1ccccc1C(=O)CC(C)C. The lowest BCUT2D eigenvalue weighted by Gasteiger charge is -2.07. The maximum Gasteiger partial charge on any atom is 0.163 e. The van der Waals surface area contributed by atoms with Gasteiger partial charge in [-0.25, -0.2) is 0 Å². The van der Waals surface area contributed by atoms with Crippen molar-refractivity contribution in [2.75, 3.05) is 0 Å². The predicted molar refractivity (Wildman–Crippen MR) is 74.1 cm³/mol. The van der Waals surface area contributed by atoms with Gasteiger partial charge in [0.05, 0.1) is 0 Å². The van der Waals surface area contributed by atoms with Crippen LogP contribution >= 0.6 is 0 Å². The molecule has 1 aromatic carbocycles. The summed E-state index contributed by atoms with van der Waals surface area (Å²) in [6, 6.07) is 7.84. The topological polar surface area (TPSA) is 17.1 Å². The normalized spacial score (nSPS) is 11.6. The van der Waals surface area contributed by atoms with E-state index in [2.05, 4.69) is 39.8 Å². The molecule has 0 unspecified atom stereocenters. The molecule has 0 saturated heterocycles. The fourth-order valence-electron chi connectivity index (χ4n) is 1.67. The first-order chi connectivity index (χ1) is 8.00. The minimum atomic E-state index is 0.240. The zero-order valence-electron chi connectivity index (χ0n) is 11.2. The van der Waals surface area contributed by atoms with E-state index in [1.54, 1.807) is 0 Å². The Kier molecular flexibility index (Phi) is 5.14. The van der Waals surface area contributed by atoms with E-state index in [9.17, 15) is 4.79 Å². The van der Waals surface area contributed by atoms with E-state index in [0.29, 0.717) is 18.3 Å². The minimum Gasteiger partial charge on any atom is -0.294 e. The van der Waals surface area contributed by atoms with Crippen molar-refractivity contribution < 1.29 is 4.79 Å². The van der Waals surface area contributed by atoms with E-state index >= 15 is 0 Å². The van der Waals surface area contributed by atoms with Crippen LogP contribution in [0.2, 0.25) is 0 Å². The highest BCUT2D eigenvalue weighted by Gasteiger charge is 2.10. The average Bonchev–Trinajstić information content (AvgIpc) is 2.25. The average molecular weight is 230 g/mol. The summed E-state index contributed by atoms with van der Waals surface area (Å²) in [7, 11) is 0. The van der Waals surface area contributed by atoms with Gasteiger partial charge in [-0.2, -0.15) is 0 Å². The second-order valence-electron chi connectivity index (χ2n) is 5.21. The highest BCUT2D eigenvalue weighted by molar-refractivity contribution is 5.99. The van der Waals surface area contributed by atoms with Crippen LogP contribution in [-0.4, -0.2) is 5.78 Å². The van der Waals surface area contributed by atoms with Crippen LogP contribution in [0.4, 0.5) is 0 Å². The van der Waals surface area contributed by atoms with Gasteiger partial charge in [0.25, 0.3) is 0 Å². The molecule has 0 aromatic heterocycles. The zero-order chi connectivity index (χ0) is 12.8. The van der Waals surface area contributed by atoms with Crippen molar-refractivity contribution in [1.82, 2.24) is 0 Å². The Bertz CT molecular complexity index is 400. The second-order valence-corrected chi connectivity index (χ2v) is 5.21. The van der Waals surface area contributed by atoms with Gasteiger partial charge in [-0.1, -0.05) is 64.1 Å². The van der Waals surface area contributed by atoms with E-state index in [1.165, 1.54) is 0 Å². The van der Waals surface area contributed by atoms with E-state index in [-0.39, 0.29) is 5.78 Å². The van der Waals surface area contributed by atoms with Crippen LogP contribution in [0.1, 0.15) is 50.0 Å². The summed E-state index contributed by atoms with van der Waals surface area (Å²) in [5.41, 5.74) is 1.88. The van der Waals surface area contributed by atoms with Crippen molar-refractivity contribution in [2.45, 2.75) is 34.1 Å². The number of carbonyl (C=O) groups is 1. The number of hydrogen-bond donors (Lipinski definition) is 0. The molecule has 0 amide bonds. The molecule has 0 aliphatic carbocycles. The summed E-state index contributed by atoms with van der Waals surface area (Å²) >= 11 is 0. The first-order valence-corrected chi connectivity index (χ1v) is 6.31. The molecule has 1 heteroatoms. The predicted octanol–water partition coefficient (Wildman–Crippen LogP) is 4.58. The van der Waals surface area contributed by atoms with Gasteiger partial charge in [-0.3, -0.25) is 4.79 Å². The van der Waals surface area contributed by atoms with Crippen molar-refractivity contribution in [3.05, 3.63) is 41.5 Å². The number of benzene rings is 1. The van der Waals surface area contributed by atoms with Gasteiger partial charge in [-0.05, 0) is 17.4 Å². The highest BCUT2D eigenvalue weighted by atomic mass is 16.1. The molecule has 0 radical (unpaired) electrons. The molecular formula is C16H22O. The van der Waals surface area contributed by atoms with Crippen molar-refractivity contribution in [3.63, 3.8) is 0 Å². The molecule has 17 heavy (non-hydrogen) atoms. The Morgan fingerprint density at radius 1 is 1.18 bits per heavy atom.